The molecule has 2 atom stereocenters. The highest BCUT2D eigenvalue weighted by Gasteiger charge is 2.06. The third kappa shape index (κ3) is 7.78. The maximum Gasteiger partial charge on any atom is 0.303 e. The molecule has 0 saturated heterocycles. The molecule has 2 unspecified atom stereocenters. The number of carbonyl (C=O) groups is 1. The number of carboxylic acids is 1. The Balaban J connectivity index is 3.39. The number of hydrogen-bond donors (Lipinski definition) is 2. The number of hydrogen-bond acceptors (Lipinski definition) is 2. The van der Waals surface area contributed by atoms with Gasteiger partial charge in [0.1, 0.15) is 0 Å². The molecule has 3 nitrogen and oxygen atoms in total. The van der Waals surface area contributed by atoms with Crippen LogP contribution in [-0.4, -0.2) is 23.2 Å². The fourth-order valence-electron chi connectivity index (χ4n) is 1.25. The van der Waals surface area contributed by atoms with Crippen molar-refractivity contribution in [2.75, 3.05) is 0 Å². The summed E-state index contributed by atoms with van der Waals surface area (Å²) in [5.74, 6) is -0.698. The Morgan fingerprint density at radius 1 is 1.38 bits per heavy atom. The van der Waals surface area contributed by atoms with E-state index in [0.717, 1.165) is 19.3 Å². The predicted octanol–water partition coefficient (Wildman–Crippen LogP) is 2.02. The van der Waals surface area contributed by atoms with Crippen LogP contribution in [0.15, 0.2) is 0 Å². The van der Waals surface area contributed by atoms with Gasteiger partial charge >= 0.3 is 5.97 Å². The van der Waals surface area contributed by atoms with E-state index in [1.165, 1.54) is 0 Å². The lowest BCUT2D eigenvalue weighted by Gasteiger charge is -2.18. The van der Waals surface area contributed by atoms with Gasteiger partial charge in [-0.1, -0.05) is 6.92 Å². The van der Waals surface area contributed by atoms with Gasteiger partial charge in [-0.2, -0.15) is 0 Å². The molecular formula is C10H21NO2. The van der Waals surface area contributed by atoms with Crippen molar-refractivity contribution >= 4 is 5.97 Å². The zero-order valence-corrected chi connectivity index (χ0v) is 8.84. The third-order valence-corrected chi connectivity index (χ3v) is 2.21. The zero-order valence-electron chi connectivity index (χ0n) is 8.84. The summed E-state index contributed by atoms with van der Waals surface area (Å²) in [6.07, 6.45) is 3.10. The van der Waals surface area contributed by atoms with Gasteiger partial charge in [-0.3, -0.25) is 4.79 Å². The molecule has 0 spiro atoms. The first kappa shape index (κ1) is 12.4. The quantitative estimate of drug-likeness (QED) is 0.641. The summed E-state index contributed by atoms with van der Waals surface area (Å²) in [5.41, 5.74) is 0. The van der Waals surface area contributed by atoms with Gasteiger partial charge in [-0.25, -0.2) is 0 Å². The summed E-state index contributed by atoms with van der Waals surface area (Å²) in [4.78, 5) is 10.2. The highest BCUT2D eigenvalue weighted by Crippen LogP contribution is 2.02. The number of nitrogens with one attached hydrogen (secondary N) is 1. The Bertz CT molecular complexity index is 148. The van der Waals surface area contributed by atoms with Crippen LogP contribution >= 0.6 is 0 Å². The summed E-state index contributed by atoms with van der Waals surface area (Å²) < 4.78 is 0. The molecule has 0 aliphatic heterocycles. The highest BCUT2D eigenvalue weighted by molar-refractivity contribution is 5.66. The monoisotopic (exact) mass is 187 g/mol. The second-order valence-corrected chi connectivity index (χ2v) is 3.66. The van der Waals surface area contributed by atoms with Gasteiger partial charge in [0.15, 0.2) is 0 Å². The molecule has 0 rings (SSSR count). The van der Waals surface area contributed by atoms with Crippen molar-refractivity contribution in [3.63, 3.8) is 0 Å². The van der Waals surface area contributed by atoms with E-state index >= 15 is 0 Å². The van der Waals surface area contributed by atoms with Gasteiger partial charge in [0.25, 0.3) is 0 Å². The van der Waals surface area contributed by atoms with E-state index in [2.05, 4.69) is 26.1 Å². The lowest BCUT2D eigenvalue weighted by Crippen LogP contribution is -2.33. The largest absolute Gasteiger partial charge is 0.481 e. The first-order valence-electron chi connectivity index (χ1n) is 5.04. The first-order valence-corrected chi connectivity index (χ1v) is 5.04. The second-order valence-electron chi connectivity index (χ2n) is 3.66. The Morgan fingerprint density at radius 2 is 2.00 bits per heavy atom. The first-order chi connectivity index (χ1) is 6.06. The van der Waals surface area contributed by atoms with Gasteiger partial charge in [0, 0.05) is 18.5 Å². The lowest BCUT2D eigenvalue weighted by molar-refractivity contribution is -0.137. The van der Waals surface area contributed by atoms with E-state index in [4.69, 9.17) is 5.11 Å². The van der Waals surface area contributed by atoms with E-state index in [9.17, 15) is 4.79 Å². The third-order valence-electron chi connectivity index (χ3n) is 2.21. The van der Waals surface area contributed by atoms with Crippen LogP contribution in [0.25, 0.3) is 0 Å². The molecule has 0 aliphatic rings. The highest BCUT2D eigenvalue weighted by atomic mass is 16.4. The summed E-state index contributed by atoms with van der Waals surface area (Å²) in [6, 6.07) is 0.953. The fraction of sp³-hybridized carbons (Fsp3) is 0.900. The molecular weight excluding hydrogens is 166 g/mol. The number of aliphatic carboxylic acids is 1. The molecule has 0 fully saturated rings. The lowest BCUT2D eigenvalue weighted by atomic mass is 10.1. The van der Waals surface area contributed by atoms with E-state index < -0.39 is 5.97 Å². The standard InChI is InChI=1S/C10H21NO2/c1-4-8(2)11-9(3)6-5-7-10(12)13/h8-9,11H,4-7H2,1-3H3,(H,12,13). The van der Waals surface area contributed by atoms with Crippen molar-refractivity contribution in [3.8, 4) is 0 Å². The minimum atomic E-state index is -0.698. The minimum absolute atomic E-state index is 0.284. The molecule has 0 saturated carbocycles. The molecule has 0 heterocycles. The van der Waals surface area contributed by atoms with Crippen LogP contribution in [-0.2, 0) is 4.79 Å². The van der Waals surface area contributed by atoms with Gasteiger partial charge < -0.3 is 10.4 Å². The second kappa shape index (κ2) is 6.89. The van der Waals surface area contributed by atoms with Crippen molar-refractivity contribution in [3.05, 3.63) is 0 Å². The molecule has 0 aliphatic carbocycles. The zero-order chi connectivity index (χ0) is 10.3. The summed E-state index contributed by atoms with van der Waals surface area (Å²) in [7, 11) is 0. The molecule has 78 valence electrons. The Kier molecular flexibility index (Phi) is 6.59. The fourth-order valence-corrected chi connectivity index (χ4v) is 1.25. The van der Waals surface area contributed by atoms with Crippen LogP contribution in [0, 0.1) is 0 Å². The van der Waals surface area contributed by atoms with Crippen molar-refractivity contribution in [2.45, 2.75) is 58.5 Å². The van der Waals surface area contributed by atoms with Crippen LogP contribution in [0.3, 0.4) is 0 Å². The van der Waals surface area contributed by atoms with Gasteiger partial charge in [0.2, 0.25) is 0 Å². The smallest absolute Gasteiger partial charge is 0.303 e. The summed E-state index contributed by atoms with van der Waals surface area (Å²) in [5, 5.41) is 11.8. The van der Waals surface area contributed by atoms with Crippen molar-refractivity contribution in [2.24, 2.45) is 0 Å². The topological polar surface area (TPSA) is 49.3 Å². The Morgan fingerprint density at radius 3 is 2.46 bits per heavy atom. The van der Waals surface area contributed by atoms with Crippen LogP contribution in [0.1, 0.15) is 46.5 Å². The van der Waals surface area contributed by atoms with Crippen molar-refractivity contribution in [1.29, 1.82) is 0 Å². The predicted molar refractivity (Wildman–Crippen MR) is 53.8 cm³/mol. The van der Waals surface area contributed by atoms with Gasteiger partial charge in [-0.15, -0.1) is 0 Å². The molecule has 0 aromatic heterocycles. The normalized spacial score (nSPS) is 15.3. The van der Waals surface area contributed by atoms with E-state index in [0.29, 0.717) is 12.1 Å². The summed E-state index contributed by atoms with van der Waals surface area (Å²) >= 11 is 0. The molecule has 0 aromatic carbocycles. The van der Waals surface area contributed by atoms with E-state index in [-0.39, 0.29) is 6.42 Å². The Hall–Kier alpha value is -0.570. The minimum Gasteiger partial charge on any atom is -0.481 e. The number of carboxylic acid groups (broad SMARTS) is 1. The molecule has 0 radical (unpaired) electrons. The molecule has 0 aromatic rings. The van der Waals surface area contributed by atoms with Gasteiger partial charge in [-0.05, 0) is 33.1 Å². The molecule has 3 heteroatoms. The maximum atomic E-state index is 10.2. The average molecular weight is 187 g/mol. The van der Waals surface area contributed by atoms with Crippen LogP contribution in [0.4, 0.5) is 0 Å². The molecule has 0 bridgehead atoms. The maximum absolute atomic E-state index is 10.2. The van der Waals surface area contributed by atoms with Crippen molar-refractivity contribution in [1.82, 2.24) is 5.32 Å². The molecule has 13 heavy (non-hydrogen) atoms. The SMILES string of the molecule is CCC(C)NC(C)CCCC(=O)O. The van der Waals surface area contributed by atoms with Crippen molar-refractivity contribution < 1.29 is 9.90 Å². The number of rotatable bonds is 7. The Labute approximate surface area is 80.5 Å². The van der Waals surface area contributed by atoms with Crippen LogP contribution in [0.2, 0.25) is 0 Å². The average Bonchev–Trinajstić information content (AvgIpc) is 2.03. The molecule has 0 amide bonds. The van der Waals surface area contributed by atoms with E-state index in [1.807, 2.05) is 0 Å². The summed E-state index contributed by atoms with van der Waals surface area (Å²) in [6.45, 7) is 6.39. The van der Waals surface area contributed by atoms with E-state index in [1.54, 1.807) is 0 Å². The molecule has 2 N–H and O–H groups in total. The van der Waals surface area contributed by atoms with Crippen LogP contribution < -0.4 is 5.32 Å². The van der Waals surface area contributed by atoms with Gasteiger partial charge in [0.05, 0.1) is 0 Å². The van der Waals surface area contributed by atoms with Crippen LogP contribution in [0.5, 0.6) is 0 Å².